The van der Waals surface area contributed by atoms with Crippen LogP contribution in [-0.2, 0) is 11.2 Å². The summed E-state index contributed by atoms with van der Waals surface area (Å²) in [5.74, 6) is 0.731. The quantitative estimate of drug-likeness (QED) is 0.672. The molecule has 0 aromatic carbocycles. The Kier molecular flexibility index (Phi) is 6.37. The number of hydrogen-bond donors (Lipinski definition) is 3. The highest BCUT2D eigenvalue weighted by atomic mass is 16.1. The summed E-state index contributed by atoms with van der Waals surface area (Å²) in [5.41, 5.74) is 7.99. The van der Waals surface area contributed by atoms with E-state index in [-0.39, 0.29) is 17.9 Å². The second-order valence-electron chi connectivity index (χ2n) is 7.09. The number of rotatable bonds is 7. The average Bonchev–Trinajstić information content (AvgIpc) is 2.70. The molecule has 1 aliphatic carbocycles. The van der Waals surface area contributed by atoms with Gasteiger partial charge in [-0.25, -0.2) is 4.98 Å². The van der Waals surface area contributed by atoms with E-state index in [4.69, 9.17) is 5.73 Å². The molecule has 2 heterocycles. The van der Waals surface area contributed by atoms with Crippen molar-refractivity contribution in [3.8, 4) is 6.07 Å². The van der Waals surface area contributed by atoms with Crippen molar-refractivity contribution in [2.24, 2.45) is 11.7 Å². The van der Waals surface area contributed by atoms with Gasteiger partial charge in [0.25, 0.3) is 0 Å². The predicted molar refractivity (Wildman–Crippen MR) is 106 cm³/mol. The molecule has 1 fully saturated rings. The third-order valence-corrected chi connectivity index (χ3v) is 5.17. The number of amides is 1. The van der Waals surface area contributed by atoms with Crippen LogP contribution in [0.2, 0.25) is 0 Å². The third-order valence-electron chi connectivity index (χ3n) is 5.17. The minimum absolute atomic E-state index is 0.0490. The molecule has 2 aromatic heterocycles. The largest absolute Gasteiger partial charge is 0.369 e. The molecule has 0 spiro atoms. The summed E-state index contributed by atoms with van der Waals surface area (Å²) >= 11 is 0. The van der Waals surface area contributed by atoms with Gasteiger partial charge >= 0.3 is 0 Å². The van der Waals surface area contributed by atoms with Crippen LogP contribution in [0.1, 0.15) is 42.5 Å². The minimum Gasteiger partial charge on any atom is -0.369 e. The molecule has 4 N–H and O–H groups in total. The molecular formula is C20H25N7O. The second kappa shape index (κ2) is 9.13. The van der Waals surface area contributed by atoms with E-state index in [1.165, 1.54) is 11.8 Å². The molecule has 0 radical (unpaired) electrons. The zero-order chi connectivity index (χ0) is 19.9. The highest BCUT2D eigenvalue weighted by Gasteiger charge is 2.25. The molecule has 0 atom stereocenters. The van der Waals surface area contributed by atoms with Crippen molar-refractivity contribution in [3.63, 3.8) is 0 Å². The number of nitrogens with zero attached hydrogens (tertiary/aromatic N) is 4. The lowest BCUT2D eigenvalue weighted by Gasteiger charge is -2.28. The number of carbonyl (C=O) groups excluding carboxylic acids is 1. The maximum atomic E-state index is 11.3. The molecule has 0 saturated heterocycles. The molecule has 146 valence electrons. The first kappa shape index (κ1) is 19.5. The number of carbonyl (C=O) groups is 1. The Hall–Kier alpha value is -3.21. The summed E-state index contributed by atoms with van der Waals surface area (Å²) in [6, 6.07) is 6.28. The predicted octanol–water partition coefficient (Wildman–Crippen LogP) is 2.16. The van der Waals surface area contributed by atoms with Crippen molar-refractivity contribution in [1.82, 2.24) is 15.0 Å². The molecule has 1 saturated carbocycles. The number of hydrogen-bond acceptors (Lipinski definition) is 7. The first-order valence-corrected chi connectivity index (χ1v) is 9.54. The zero-order valence-corrected chi connectivity index (χ0v) is 16.0. The van der Waals surface area contributed by atoms with E-state index in [9.17, 15) is 10.1 Å². The molecule has 0 aliphatic heterocycles. The molecule has 0 unspecified atom stereocenters. The topological polar surface area (TPSA) is 130 Å². The van der Waals surface area contributed by atoms with Gasteiger partial charge in [-0.15, -0.1) is 0 Å². The Bertz CT molecular complexity index is 869. The summed E-state index contributed by atoms with van der Waals surface area (Å²) in [6.45, 7) is 2.66. The smallest absolute Gasteiger partial charge is 0.224 e. The van der Waals surface area contributed by atoms with Crippen LogP contribution in [0.5, 0.6) is 0 Å². The van der Waals surface area contributed by atoms with Crippen LogP contribution >= 0.6 is 0 Å². The van der Waals surface area contributed by atoms with E-state index in [0.29, 0.717) is 23.9 Å². The van der Waals surface area contributed by atoms with Gasteiger partial charge in [0.15, 0.2) is 0 Å². The Morgan fingerprint density at radius 2 is 2.11 bits per heavy atom. The lowest BCUT2D eigenvalue weighted by Crippen LogP contribution is -2.32. The number of nitriles is 1. The number of aryl methyl sites for hydroxylation is 1. The van der Waals surface area contributed by atoms with Crippen LogP contribution in [0.15, 0.2) is 24.5 Å². The number of anilines is 2. The molecule has 1 amide bonds. The molecular weight excluding hydrogens is 354 g/mol. The zero-order valence-electron chi connectivity index (χ0n) is 16.0. The first-order chi connectivity index (χ1) is 13.6. The molecule has 28 heavy (non-hydrogen) atoms. The minimum atomic E-state index is -0.228. The summed E-state index contributed by atoms with van der Waals surface area (Å²) in [6.07, 6.45) is 7.29. The highest BCUT2D eigenvalue weighted by Crippen LogP contribution is 2.27. The molecule has 1 aliphatic rings. The fourth-order valence-corrected chi connectivity index (χ4v) is 3.47. The van der Waals surface area contributed by atoms with Gasteiger partial charge in [-0.1, -0.05) is 6.07 Å². The Morgan fingerprint density at radius 3 is 2.79 bits per heavy atom. The van der Waals surface area contributed by atoms with Crippen LogP contribution in [0.3, 0.4) is 0 Å². The Balaban J connectivity index is 1.60. The molecule has 3 rings (SSSR count). The van der Waals surface area contributed by atoms with Crippen molar-refractivity contribution in [2.45, 2.75) is 45.1 Å². The van der Waals surface area contributed by atoms with E-state index in [1.54, 1.807) is 6.20 Å². The van der Waals surface area contributed by atoms with Gasteiger partial charge in [0, 0.05) is 30.4 Å². The van der Waals surface area contributed by atoms with Gasteiger partial charge < -0.3 is 16.4 Å². The van der Waals surface area contributed by atoms with Crippen molar-refractivity contribution in [3.05, 3.63) is 41.3 Å². The second-order valence-corrected chi connectivity index (χ2v) is 7.09. The monoisotopic (exact) mass is 379 g/mol. The molecule has 0 bridgehead atoms. The molecule has 8 heteroatoms. The number of nitrogens with one attached hydrogen (secondary N) is 2. The van der Waals surface area contributed by atoms with Crippen LogP contribution in [0.4, 0.5) is 11.8 Å². The average molecular weight is 379 g/mol. The summed E-state index contributed by atoms with van der Waals surface area (Å²) in [7, 11) is 0. The van der Waals surface area contributed by atoms with Crippen molar-refractivity contribution in [1.29, 1.82) is 5.26 Å². The summed E-state index contributed by atoms with van der Waals surface area (Å²) < 4.78 is 0. The molecule has 2 aromatic rings. The van der Waals surface area contributed by atoms with Crippen LogP contribution < -0.4 is 16.4 Å². The van der Waals surface area contributed by atoms with Crippen molar-refractivity contribution >= 4 is 17.7 Å². The van der Waals surface area contributed by atoms with Crippen LogP contribution in [0.25, 0.3) is 0 Å². The van der Waals surface area contributed by atoms with Gasteiger partial charge in [0.05, 0.1) is 6.20 Å². The van der Waals surface area contributed by atoms with Gasteiger partial charge in [-0.3, -0.25) is 9.78 Å². The highest BCUT2D eigenvalue weighted by molar-refractivity contribution is 5.76. The third kappa shape index (κ3) is 4.94. The lowest BCUT2D eigenvalue weighted by atomic mass is 9.85. The standard InChI is InChI=1S/C20H25N7O/c1-13-14(3-2-9-23-13)8-10-24-20-25-12-16(11-21)19(27-20)26-17-6-4-15(5-7-17)18(22)28/h2-3,9,12,15,17H,4-8,10H2,1H3,(H2,22,28)(H2,24,25,26,27)/t15-,17+. The van der Waals surface area contributed by atoms with Crippen LogP contribution in [0, 0.1) is 24.2 Å². The fraction of sp³-hybridized carbons (Fsp3) is 0.450. The Morgan fingerprint density at radius 1 is 1.32 bits per heavy atom. The number of aromatic nitrogens is 3. The van der Waals surface area contributed by atoms with E-state index >= 15 is 0 Å². The summed E-state index contributed by atoms with van der Waals surface area (Å²) in [4.78, 5) is 24.3. The maximum absolute atomic E-state index is 11.3. The Labute approximate surface area is 164 Å². The lowest BCUT2D eigenvalue weighted by molar-refractivity contribution is -0.122. The van der Waals surface area contributed by atoms with Crippen LogP contribution in [-0.4, -0.2) is 33.4 Å². The first-order valence-electron chi connectivity index (χ1n) is 9.54. The van der Waals surface area contributed by atoms with Crippen molar-refractivity contribution < 1.29 is 4.79 Å². The van der Waals surface area contributed by atoms with E-state index in [2.05, 4.69) is 37.7 Å². The number of nitrogens with two attached hydrogens (primary N) is 1. The number of pyridine rings is 1. The molecule has 8 nitrogen and oxygen atoms in total. The van der Waals surface area contributed by atoms with Crippen molar-refractivity contribution in [2.75, 3.05) is 17.2 Å². The SMILES string of the molecule is Cc1ncccc1CCNc1ncc(C#N)c(N[C@H]2CC[C@@H](C(N)=O)CC2)n1. The van der Waals surface area contributed by atoms with E-state index in [1.807, 2.05) is 13.0 Å². The number of primary amides is 1. The normalized spacial score (nSPS) is 18.9. The van der Waals surface area contributed by atoms with Gasteiger partial charge in [-0.2, -0.15) is 10.2 Å². The fourth-order valence-electron chi connectivity index (χ4n) is 3.47. The van der Waals surface area contributed by atoms with Gasteiger partial charge in [-0.05, 0) is 50.7 Å². The van der Waals surface area contributed by atoms with E-state index in [0.717, 1.165) is 37.8 Å². The van der Waals surface area contributed by atoms with Gasteiger partial charge in [0.1, 0.15) is 17.5 Å². The summed E-state index contributed by atoms with van der Waals surface area (Å²) in [5, 5.41) is 15.9. The van der Waals surface area contributed by atoms with Gasteiger partial charge in [0.2, 0.25) is 11.9 Å². The maximum Gasteiger partial charge on any atom is 0.224 e. The van der Waals surface area contributed by atoms with E-state index < -0.39 is 0 Å².